The number of fused-ring (bicyclic) bond motifs is 2. The molecule has 0 saturated carbocycles. The second-order valence-electron chi connectivity index (χ2n) is 9.32. The summed E-state index contributed by atoms with van der Waals surface area (Å²) in [6.45, 7) is 0.534. The normalized spacial score (nSPS) is 23.0. The van der Waals surface area contributed by atoms with Crippen molar-refractivity contribution >= 4 is 34.9 Å². The van der Waals surface area contributed by atoms with Crippen molar-refractivity contribution < 1.29 is 27.8 Å². The Bertz CT molecular complexity index is 1160. The van der Waals surface area contributed by atoms with Gasteiger partial charge >= 0.3 is 6.03 Å². The van der Waals surface area contributed by atoms with Crippen molar-refractivity contribution in [3.05, 3.63) is 52.5 Å². The molecule has 192 valence electrons. The molecular formula is C25H27ClF2N4O4. The van der Waals surface area contributed by atoms with E-state index in [4.69, 9.17) is 21.1 Å². The third kappa shape index (κ3) is 4.98. The van der Waals surface area contributed by atoms with Crippen LogP contribution in [0.1, 0.15) is 23.6 Å². The van der Waals surface area contributed by atoms with Gasteiger partial charge in [0.05, 0.1) is 25.3 Å². The summed E-state index contributed by atoms with van der Waals surface area (Å²) in [4.78, 5) is 27.7. The van der Waals surface area contributed by atoms with Crippen LogP contribution >= 0.6 is 11.6 Å². The number of hydrogen-bond acceptors (Lipinski definition) is 5. The topological polar surface area (TPSA) is 91.9 Å². The van der Waals surface area contributed by atoms with Crippen molar-refractivity contribution in [2.75, 3.05) is 50.3 Å². The Morgan fingerprint density at radius 3 is 2.69 bits per heavy atom. The lowest BCUT2D eigenvalue weighted by Gasteiger charge is -2.39. The van der Waals surface area contributed by atoms with Crippen LogP contribution in [0.4, 0.5) is 25.0 Å². The number of urea groups is 1. The van der Waals surface area contributed by atoms with Gasteiger partial charge in [0.2, 0.25) is 5.91 Å². The molecule has 3 aliphatic heterocycles. The maximum Gasteiger partial charge on any atom is 0.319 e. The van der Waals surface area contributed by atoms with Crippen LogP contribution in [0.2, 0.25) is 5.02 Å². The van der Waals surface area contributed by atoms with Gasteiger partial charge in [-0.05, 0) is 36.2 Å². The Morgan fingerprint density at radius 1 is 1.17 bits per heavy atom. The SMILES string of the molecule is O=C(Nc1ccc2c(c1)NC(=O)C(N1CCOCC1)C2)N[C@@H]1CC(CF)(CF)Oc2cc(Cl)ccc21. The summed E-state index contributed by atoms with van der Waals surface area (Å²) in [5.74, 6) is 0.151. The summed E-state index contributed by atoms with van der Waals surface area (Å²) in [6, 6.07) is 8.63. The number of carbonyl (C=O) groups is 2. The third-order valence-electron chi connectivity index (χ3n) is 6.87. The van der Waals surface area contributed by atoms with Crippen LogP contribution in [0, 0.1) is 0 Å². The van der Waals surface area contributed by atoms with Gasteiger partial charge in [-0.15, -0.1) is 0 Å². The molecule has 1 unspecified atom stereocenters. The number of carbonyl (C=O) groups excluding carboxylic acids is 2. The lowest BCUT2D eigenvalue weighted by Crippen LogP contribution is -2.52. The van der Waals surface area contributed by atoms with E-state index in [0.29, 0.717) is 54.7 Å². The number of nitrogens with one attached hydrogen (secondary N) is 3. The van der Waals surface area contributed by atoms with Gasteiger partial charge < -0.3 is 25.4 Å². The molecule has 3 N–H and O–H groups in total. The van der Waals surface area contributed by atoms with Crippen molar-refractivity contribution in [3.8, 4) is 5.75 Å². The molecule has 1 fully saturated rings. The first-order chi connectivity index (χ1) is 17.4. The van der Waals surface area contributed by atoms with Crippen LogP contribution in [0.5, 0.6) is 5.75 Å². The number of anilines is 2. The first kappa shape index (κ1) is 24.7. The first-order valence-electron chi connectivity index (χ1n) is 11.8. The minimum absolute atomic E-state index is 0.0781. The van der Waals surface area contributed by atoms with E-state index in [1.165, 1.54) is 6.07 Å². The fourth-order valence-corrected chi connectivity index (χ4v) is 5.11. The van der Waals surface area contributed by atoms with Gasteiger partial charge in [-0.2, -0.15) is 0 Å². The molecule has 2 aromatic rings. The number of halogens is 3. The Labute approximate surface area is 212 Å². The van der Waals surface area contributed by atoms with Gasteiger partial charge in [0.1, 0.15) is 19.1 Å². The second-order valence-corrected chi connectivity index (χ2v) is 9.76. The lowest BCUT2D eigenvalue weighted by atomic mass is 9.88. The molecule has 3 heterocycles. The zero-order valence-corrected chi connectivity index (χ0v) is 20.2. The van der Waals surface area contributed by atoms with Crippen LogP contribution in [-0.4, -0.2) is 68.1 Å². The Kier molecular flexibility index (Phi) is 7.00. The average molecular weight is 521 g/mol. The van der Waals surface area contributed by atoms with Gasteiger partial charge in [0.25, 0.3) is 0 Å². The molecule has 3 amide bonds. The number of nitrogens with zero attached hydrogens (tertiary/aromatic N) is 1. The zero-order chi connectivity index (χ0) is 25.3. The van der Waals surface area contributed by atoms with Crippen molar-refractivity contribution in [1.82, 2.24) is 10.2 Å². The maximum absolute atomic E-state index is 13.8. The smallest absolute Gasteiger partial charge is 0.319 e. The first-order valence-corrected chi connectivity index (χ1v) is 12.2. The summed E-state index contributed by atoms with van der Waals surface area (Å²) >= 11 is 6.03. The number of hydrogen-bond donors (Lipinski definition) is 3. The molecule has 8 nitrogen and oxygen atoms in total. The molecule has 0 aliphatic carbocycles. The molecule has 3 aliphatic rings. The predicted molar refractivity (Wildman–Crippen MR) is 131 cm³/mol. The standard InChI is InChI=1S/C25H27ClF2N4O4/c26-16-2-4-18-20(12-25(13-27,14-28)36-22(18)10-16)31-24(34)29-17-3-1-15-9-21(23(33)30-19(15)11-17)32-5-7-35-8-6-32/h1-4,10-11,20-21H,5-9,12-14H2,(H,30,33)(H2,29,31,34)/t20-,21?/m1/s1. The van der Waals surface area contributed by atoms with Gasteiger partial charge in [-0.25, -0.2) is 13.6 Å². The molecule has 5 rings (SSSR count). The summed E-state index contributed by atoms with van der Waals surface area (Å²) in [5, 5.41) is 8.84. The second kappa shape index (κ2) is 10.2. The van der Waals surface area contributed by atoms with Crippen LogP contribution in [-0.2, 0) is 16.0 Å². The average Bonchev–Trinajstić information content (AvgIpc) is 2.88. The number of morpholine rings is 1. The van der Waals surface area contributed by atoms with E-state index >= 15 is 0 Å². The van der Waals surface area contributed by atoms with E-state index in [1.807, 2.05) is 6.07 Å². The van der Waals surface area contributed by atoms with Crippen molar-refractivity contribution in [2.45, 2.75) is 30.5 Å². The van der Waals surface area contributed by atoms with Crippen molar-refractivity contribution in [3.63, 3.8) is 0 Å². The number of amides is 3. The van der Waals surface area contributed by atoms with E-state index in [1.54, 1.807) is 24.3 Å². The Balaban J connectivity index is 1.28. The van der Waals surface area contributed by atoms with Crippen molar-refractivity contribution in [2.24, 2.45) is 0 Å². The molecule has 36 heavy (non-hydrogen) atoms. The predicted octanol–water partition coefficient (Wildman–Crippen LogP) is 3.86. The molecule has 2 atom stereocenters. The van der Waals surface area contributed by atoms with Crippen LogP contribution in [0.15, 0.2) is 36.4 Å². The number of benzene rings is 2. The molecule has 0 radical (unpaired) electrons. The zero-order valence-electron chi connectivity index (χ0n) is 19.5. The molecule has 0 bridgehead atoms. The Hall–Kier alpha value is -2.95. The minimum atomic E-state index is -1.69. The van der Waals surface area contributed by atoms with Gasteiger partial charge in [-0.1, -0.05) is 23.7 Å². The molecule has 0 spiro atoms. The number of rotatable bonds is 5. The van der Waals surface area contributed by atoms with E-state index < -0.39 is 31.0 Å². The quantitative estimate of drug-likeness (QED) is 0.557. The fourth-order valence-electron chi connectivity index (χ4n) is 4.94. The van der Waals surface area contributed by atoms with Gasteiger partial charge in [0.15, 0.2) is 5.60 Å². The molecule has 11 heteroatoms. The van der Waals surface area contributed by atoms with Crippen LogP contribution < -0.4 is 20.7 Å². The fraction of sp³-hybridized carbons (Fsp3) is 0.440. The van der Waals surface area contributed by atoms with E-state index in [0.717, 1.165) is 5.56 Å². The van der Waals surface area contributed by atoms with Gasteiger partial charge in [-0.3, -0.25) is 9.69 Å². The highest BCUT2D eigenvalue weighted by molar-refractivity contribution is 6.30. The number of alkyl halides is 2. The summed E-state index contributed by atoms with van der Waals surface area (Å²) in [6.07, 6.45) is 0.495. The highest BCUT2D eigenvalue weighted by Gasteiger charge is 2.42. The summed E-state index contributed by atoms with van der Waals surface area (Å²) < 4.78 is 38.5. The molecule has 0 aromatic heterocycles. The van der Waals surface area contributed by atoms with Gasteiger partial charge in [0, 0.05) is 41.5 Å². The Morgan fingerprint density at radius 2 is 1.94 bits per heavy atom. The molecule has 2 aromatic carbocycles. The largest absolute Gasteiger partial charge is 0.481 e. The summed E-state index contributed by atoms with van der Waals surface area (Å²) in [5.41, 5.74) is 0.981. The highest BCUT2D eigenvalue weighted by Crippen LogP contribution is 2.41. The number of ether oxygens (including phenoxy) is 2. The molecule has 1 saturated heterocycles. The van der Waals surface area contributed by atoms with Crippen LogP contribution in [0.25, 0.3) is 0 Å². The van der Waals surface area contributed by atoms with E-state index in [9.17, 15) is 18.4 Å². The monoisotopic (exact) mass is 520 g/mol. The van der Waals surface area contributed by atoms with Crippen LogP contribution in [0.3, 0.4) is 0 Å². The highest BCUT2D eigenvalue weighted by atomic mass is 35.5. The lowest BCUT2D eigenvalue weighted by molar-refractivity contribution is -0.123. The van der Waals surface area contributed by atoms with E-state index in [-0.39, 0.29) is 24.1 Å². The maximum atomic E-state index is 13.8. The third-order valence-corrected chi connectivity index (χ3v) is 7.11. The summed E-state index contributed by atoms with van der Waals surface area (Å²) in [7, 11) is 0. The van der Waals surface area contributed by atoms with E-state index in [2.05, 4.69) is 20.9 Å². The minimum Gasteiger partial charge on any atom is -0.481 e. The van der Waals surface area contributed by atoms with Crippen molar-refractivity contribution in [1.29, 1.82) is 0 Å². The molecular weight excluding hydrogens is 494 g/mol.